The Kier molecular flexibility index (Phi) is 6.16. The van der Waals surface area contributed by atoms with E-state index in [9.17, 15) is 4.79 Å². The molecule has 0 unspecified atom stereocenters. The zero-order valence-corrected chi connectivity index (χ0v) is 16.9. The quantitative estimate of drug-likeness (QED) is 0.772. The van der Waals surface area contributed by atoms with E-state index in [0.717, 1.165) is 22.9 Å². The maximum atomic E-state index is 12.8. The molecule has 1 aliphatic rings. The second-order valence-electron chi connectivity index (χ2n) is 6.44. The van der Waals surface area contributed by atoms with E-state index in [1.807, 2.05) is 19.2 Å². The number of likely N-dealkylation sites (N-methyl/N-ethyl adjacent to an activating group) is 1. The third-order valence-corrected chi connectivity index (χ3v) is 5.30. The van der Waals surface area contributed by atoms with E-state index in [0.29, 0.717) is 24.1 Å². The number of anilines is 1. The zero-order valence-electron chi connectivity index (χ0n) is 14.5. The van der Waals surface area contributed by atoms with Gasteiger partial charge in [0.05, 0.1) is 17.1 Å². The second-order valence-corrected chi connectivity index (χ2v) is 7.80. The maximum Gasteiger partial charge on any atom is 0.240 e. The standard InChI is InChI=1S/C19H21BrClN3O2/c1-24(17-6-5-16(21)12-22-17)13-18(25)23-19(7-9-26-10-8-19)14-3-2-4-15(20)11-14/h2-6,11-12H,7-10,13H2,1H3,(H,23,25). The second kappa shape index (κ2) is 8.37. The molecule has 7 heteroatoms. The summed E-state index contributed by atoms with van der Waals surface area (Å²) in [5.74, 6) is 0.652. The fourth-order valence-corrected chi connectivity index (χ4v) is 3.70. The van der Waals surface area contributed by atoms with Gasteiger partial charge >= 0.3 is 0 Å². The first-order valence-electron chi connectivity index (χ1n) is 8.46. The lowest BCUT2D eigenvalue weighted by molar-refractivity contribution is -0.123. The fourth-order valence-electron chi connectivity index (χ4n) is 3.19. The van der Waals surface area contributed by atoms with Crippen LogP contribution in [0.1, 0.15) is 18.4 Å². The molecule has 26 heavy (non-hydrogen) atoms. The summed E-state index contributed by atoms with van der Waals surface area (Å²) in [6.07, 6.45) is 3.07. The number of pyridine rings is 1. The summed E-state index contributed by atoms with van der Waals surface area (Å²) in [4.78, 5) is 18.8. The van der Waals surface area contributed by atoms with Gasteiger partial charge in [-0.15, -0.1) is 0 Å². The Hall–Kier alpha value is -1.63. The third kappa shape index (κ3) is 4.55. The maximum absolute atomic E-state index is 12.8. The minimum Gasteiger partial charge on any atom is -0.381 e. The van der Waals surface area contributed by atoms with E-state index < -0.39 is 5.54 Å². The number of benzene rings is 1. The molecule has 0 atom stereocenters. The fraction of sp³-hybridized carbons (Fsp3) is 0.368. The first-order valence-corrected chi connectivity index (χ1v) is 9.63. The van der Waals surface area contributed by atoms with E-state index in [1.165, 1.54) is 0 Å². The van der Waals surface area contributed by atoms with Crippen molar-refractivity contribution in [2.75, 3.05) is 31.7 Å². The van der Waals surface area contributed by atoms with Crippen molar-refractivity contribution >= 4 is 39.3 Å². The van der Waals surface area contributed by atoms with Crippen LogP contribution in [0, 0.1) is 0 Å². The molecule has 0 radical (unpaired) electrons. The predicted molar refractivity (Wildman–Crippen MR) is 107 cm³/mol. The van der Waals surface area contributed by atoms with Gasteiger partial charge in [0.15, 0.2) is 0 Å². The van der Waals surface area contributed by atoms with Crippen molar-refractivity contribution in [1.82, 2.24) is 10.3 Å². The highest BCUT2D eigenvalue weighted by molar-refractivity contribution is 9.10. The van der Waals surface area contributed by atoms with Gasteiger partial charge in [-0.25, -0.2) is 4.98 Å². The molecule has 1 amide bonds. The van der Waals surface area contributed by atoms with Crippen LogP contribution in [0.3, 0.4) is 0 Å². The van der Waals surface area contributed by atoms with Crippen LogP contribution in [0.5, 0.6) is 0 Å². The van der Waals surface area contributed by atoms with Crippen LogP contribution in [0.15, 0.2) is 47.1 Å². The highest BCUT2D eigenvalue weighted by atomic mass is 79.9. The molecule has 3 rings (SSSR count). The zero-order chi connectivity index (χ0) is 18.6. The van der Waals surface area contributed by atoms with Gasteiger partial charge in [0.2, 0.25) is 5.91 Å². The molecule has 5 nitrogen and oxygen atoms in total. The predicted octanol–water partition coefficient (Wildman–Crippen LogP) is 3.76. The monoisotopic (exact) mass is 437 g/mol. The molecule has 0 aliphatic carbocycles. The van der Waals surface area contributed by atoms with Crippen molar-refractivity contribution in [3.8, 4) is 0 Å². The van der Waals surface area contributed by atoms with Crippen molar-refractivity contribution in [3.05, 3.63) is 57.7 Å². The summed E-state index contributed by atoms with van der Waals surface area (Å²) in [5.41, 5.74) is 0.684. The summed E-state index contributed by atoms with van der Waals surface area (Å²) in [7, 11) is 1.84. The van der Waals surface area contributed by atoms with Crippen LogP contribution < -0.4 is 10.2 Å². The molecular weight excluding hydrogens is 418 g/mol. The van der Waals surface area contributed by atoms with Crippen LogP contribution in [0.25, 0.3) is 0 Å². The molecule has 1 saturated heterocycles. The van der Waals surface area contributed by atoms with Crippen molar-refractivity contribution < 1.29 is 9.53 Å². The summed E-state index contributed by atoms with van der Waals surface area (Å²) >= 11 is 9.40. The summed E-state index contributed by atoms with van der Waals surface area (Å²) in [5, 5.41) is 3.82. The first-order chi connectivity index (χ1) is 12.5. The van der Waals surface area contributed by atoms with Crippen LogP contribution in [-0.4, -0.2) is 37.7 Å². The number of nitrogens with one attached hydrogen (secondary N) is 1. The third-order valence-electron chi connectivity index (χ3n) is 4.59. The van der Waals surface area contributed by atoms with E-state index >= 15 is 0 Å². The van der Waals surface area contributed by atoms with E-state index in [1.54, 1.807) is 23.2 Å². The molecule has 0 spiro atoms. The Morgan fingerprint density at radius 1 is 1.35 bits per heavy atom. The lowest BCUT2D eigenvalue weighted by Gasteiger charge is -2.39. The Balaban J connectivity index is 1.74. The molecule has 2 aromatic rings. The number of carbonyl (C=O) groups excluding carboxylic acids is 1. The SMILES string of the molecule is CN(CC(=O)NC1(c2cccc(Br)c2)CCOCC1)c1ccc(Cl)cn1. The normalized spacial score (nSPS) is 16.1. The molecule has 1 fully saturated rings. The molecule has 1 aromatic heterocycles. The number of nitrogens with zero attached hydrogens (tertiary/aromatic N) is 2. The molecular formula is C19H21BrClN3O2. The van der Waals surface area contributed by atoms with Gasteiger partial charge < -0.3 is 15.0 Å². The molecule has 1 aromatic carbocycles. The Bertz CT molecular complexity index is 764. The van der Waals surface area contributed by atoms with Gasteiger partial charge in [-0.05, 0) is 42.7 Å². The first kappa shape index (κ1) is 19.1. The highest BCUT2D eigenvalue weighted by Crippen LogP contribution is 2.33. The van der Waals surface area contributed by atoms with Crippen LogP contribution in [0.2, 0.25) is 5.02 Å². The number of halogens is 2. The van der Waals surface area contributed by atoms with Gasteiger partial charge in [0, 0.05) is 30.9 Å². The summed E-state index contributed by atoms with van der Waals surface area (Å²) < 4.78 is 6.52. The summed E-state index contributed by atoms with van der Waals surface area (Å²) in [6.45, 7) is 1.47. The van der Waals surface area contributed by atoms with E-state index in [4.69, 9.17) is 16.3 Å². The molecule has 1 aliphatic heterocycles. The van der Waals surface area contributed by atoms with Gasteiger partial charge in [-0.3, -0.25) is 4.79 Å². The van der Waals surface area contributed by atoms with Crippen LogP contribution in [-0.2, 0) is 15.1 Å². The van der Waals surface area contributed by atoms with Gasteiger partial charge in [0.25, 0.3) is 0 Å². The van der Waals surface area contributed by atoms with Gasteiger partial charge in [0.1, 0.15) is 5.82 Å². The van der Waals surface area contributed by atoms with Crippen LogP contribution >= 0.6 is 27.5 Å². The van der Waals surface area contributed by atoms with E-state index in [2.05, 4.69) is 38.4 Å². The van der Waals surface area contributed by atoms with Crippen molar-refractivity contribution in [3.63, 3.8) is 0 Å². The smallest absolute Gasteiger partial charge is 0.240 e. The lowest BCUT2D eigenvalue weighted by atomic mass is 9.82. The minimum atomic E-state index is -0.409. The number of amides is 1. The lowest BCUT2D eigenvalue weighted by Crippen LogP contribution is -2.51. The van der Waals surface area contributed by atoms with Crippen molar-refractivity contribution in [2.45, 2.75) is 18.4 Å². The topological polar surface area (TPSA) is 54.5 Å². The minimum absolute atomic E-state index is 0.0499. The van der Waals surface area contributed by atoms with E-state index in [-0.39, 0.29) is 12.5 Å². The van der Waals surface area contributed by atoms with Gasteiger partial charge in [-0.1, -0.05) is 39.7 Å². The Morgan fingerprint density at radius 2 is 2.12 bits per heavy atom. The van der Waals surface area contributed by atoms with Crippen molar-refractivity contribution in [2.24, 2.45) is 0 Å². The summed E-state index contributed by atoms with van der Waals surface area (Å²) in [6, 6.07) is 11.7. The Labute approximate surface area is 166 Å². The highest BCUT2D eigenvalue weighted by Gasteiger charge is 2.36. The molecule has 0 saturated carbocycles. The molecule has 1 N–H and O–H groups in total. The largest absolute Gasteiger partial charge is 0.381 e. The average Bonchev–Trinajstić information content (AvgIpc) is 2.63. The number of carbonyl (C=O) groups is 1. The Morgan fingerprint density at radius 3 is 2.77 bits per heavy atom. The molecule has 138 valence electrons. The van der Waals surface area contributed by atoms with Gasteiger partial charge in [-0.2, -0.15) is 0 Å². The number of hydrogen-bond acceptors (Lipinski definition) is 4. The number of aromatic nitrogens is 1. The number of ether oxygens (including phenoxy) is 1. The molecule has 0 bridgehead atoms. The molecule has 2 heterocycles. The number of hydrogen-bond donors (Lipinski definition) is 1. The van der Waals surface area contributed by atoms with Crippen LogP contribution in [0.4, 0.5) is 5.82 Å². The van der Waals surface area contributed by atoms with Crippen molar-refractivity contribution in [1.29, 1.82) is 0 Å². The average molecular weight is 439 g/mol. The number of rotatable bonds is 5.